The van der Waals surface area contributed by atoms with E-state index >= 15 is 0 Å². The Labute approximate surface area is 192 Å². The van der Waals surface area contributed by atoms with E-state index in [2.05, 4.69) is 14.8 Å². The third-order valence-electron chi connectivity index (χ3n) is 5.14. The molecular weight excluding hydrogens is 446 g/mol. The predicted molar refractivity (Wildman–Crippen MR) is 122 cm³/mol. The highest BCUT2D eigenvalue weighted by Gasteiger charge is 2.26. The first-order chi connectivity index (χ1) is 15.6. The normalized spacial score (nSPS) is 13.2. The van der Waals surface area contributed by atoms with Crippen LogP contribution in [-0.2, 0) is 21.9 Å². The summed E-state index contributed by atoms with van der Waals surface area (Å²) < 4.78 is 36.2. The van der Waals surface area contributed by atoms with E-state index in [0.717, 1.165) is 0 Å². The van der Waals surface area contributed by atoms with Crippen molar-refractivity contribution in [1.82, 2.24) is 19.5 Å². The number of methoxy groups -OCH3 is 2. The molecule has 176 valence electrons. The van der Waals surface area contributed by atoms with Crippen LogP contribution in [0.15, 0.2) is 53.7 Å². The molecule has 0 aliphatic heterocycles. The third-order valence-corrected chi connectivity index (χ3v) is 6.55. The molecular formula is C22H27N5O5S. The Morgan fingerprint density at radius 1 is 1.24 bits per heavy atom. The smallest absolute Gasteiger partial charge is 0.282 e. The van der Waals surface area contributed by atoms with Crippen molar-refractivity contribution in [3.8, 4) is 11.6 Å². The van der Waals surface area contributed by atoms with Gasteiger partial charge in [0.25, 0.3) is 5.91 Å². The minimum atomic E-state index is -3.81. The second-order valence-electron chi connectivity index (χ2n) is 7.96. The number of amides is 1. The van der Waals surface area contributed by atoms with Crippen LogP contribution in [0.5, 0.6) is 11.6 Å². The SMILES string of the molecule is COc1ccc(C(C)(C)CO)cc1[S@](=N)(=O)NC(=O)c1ccc(Cn2cccn2)c(OC)n1. The number of carbonyl (C=O) groups excluding carboxylic acids is 1. The molecule has 11 heteroatoms. The summed E-state index contributed by atoms with van der Waals surface area (Å²) in [5.41, 5.74) is 0.657. The van der Waals surface area contributed by atoms with E-state index in [0.29, 0.717) is 17.7 Å². The van der Waals surface area contributed by atoms with Crippen molar-refractivity contribution in [3.63, 3.8) is 0 Å². The van der Waals surface area contributed by atoms with Crippen LogP contribution in [-0.4, -0.2) is 50.8 Å². The zero-order valence-corrected chi connectivity index (χ0v) is 19.7. The molecule has 0 saturated heterocycles. The molecule has 2 aromatic heterocycles. The Hall–Kier alpha value is -3.44. The number of hydrogen-bond acceptors (Lipinski definition) is 8. The largest absolute Gasteiger partial charge is 0.495 e. The van der Waals surface area contributed by atoms with Gasteiger partial charge in [-0.3, -0.25) is 14.2 Å². The second-order valence-corrected chi connectivity index (χ2v) is 9.72. The van der Waals surface area contributed by atoms with E-state index in [1.54, 1.807) is 41.3 Å². The molecule has 0 spiro atoms. The first kappa shape index (κ1) is 24.2. The predicted octanol–water partition coefficient (Wildman–Crippen LogP) is 2.36. The van der Waals surface area contributed by atoms with Crippen LogP contribution in [0.1, 0.15) is 35.5 Å². The van der Waals surface area contributed by atoms with Crippen LogP contribution in [0.3, 0.4) is 0 Å². The van der Waals surface area contributed by atoms with Crippen molar-refractivity contribution >= 4 is 15.8 Å². The molecule has 0 aliphatic carbocycles. The van der Waals surface area contributed by atoms with Crippen molar-refractivity contribution in [2.45, 2.75) is 30.7 Å². The van der Waals surface area contributed by atoms with Crippen LogP contribution in [0.4, 0.5) is 0 Å². The summed E-state index contributed by atoms with van der Waals surface area (Å²) >= 11 is 0. The summed E-state index contributed by atoms with van der Waals surface area (Å²) in [5, 5.41) is 13.8. The van der Waals surface area contributed by atoms with Crippen molar-refractivity contribution in [2.24, 2.45) is 0 Å². The number of hydrogen-bond donors (Lipinski definition) is 3. The lowest BCUT2D eigenvalue weighted by Crippen LogP contribution is -2.31. The van der Waals surface area contributed by atoms with Gasteiger partial charge in [0.05, 0.1) is 27.4 Å². The molecule has 3 aromatic rings. The molecule has 33 heavy (non-hydrogen) atoms. The number of carbonyl (C=O) groups is 1. The minimum Gasteiger partial charge on any atom is -0.495 e. The number of aliphatic hydroxyl groups excluding tert-OH is 1. The van der Waals surface area contributed by atoms with Crippen LogP contribution >= 0.6 is 0 Å². The second kappa shape index (κ2) is 9.59. The fourth-order valence-corrected chi connectivity index (χ4v) is 4.32. The van der Waals surface area contributed by atoms with Gasteiger partial charge in [-0.2, -0.15) is 5.10 Å². The first-order valence-electron chi connectivity index (χ1n) is 10.0. The number of nitrogens with zero attached hydrogens (tertiary/aromatic N) is 3. The Morgan fingerprint density at radius 3 is 2.61 bits per heavy atom. The number of ether oxygens (including phenoxy) is 2. The fraction of sp³-hybridized carbons (Fsp3) is 0.318. The molecule has 0 bridgehead atoms. The summed E-state index contributed by atoms with van der Waals surface area (Å²) in [6.07, 6.45) is 3.44. The van der Waals surface area contributed by atoms with Crippen molar-refractivity contribution < 1.29 is 23.6 Å². The maximum Gasteiger partial charge on any atom is 0.282 e. The molecule has 3 rings (SSSR count). The van der Waals surface area contributed by atoms with Gasteiger partial charge in [-0.15, -0.1) is 0 Å². The fourth-order valence-electron chi connectivity index (χ4n) is 3.11. The molecule has 1 atom stereocenters. The third kappa shape index (κ3) is 5.32. The number of pyridine rings is 1. The molecule has 2 heterocycles. The summed E-state index contributed by atoms with van der Waals surface area (Å²) in [6, 6.07) is 9.71. The summed E-state index contributed by atoms with van der Waals surface area (Å²) in [4.78, 5) is 17.1. The van der Waals surface area contributed by atoms with Crippen molar-refractivity contribution in [1.29, 1.82) is 4.78 Å². The lowest BCUT2D eigenvalue weighted by molar-refractivity contribution is 0.0976. The van der Waals surface area contributed by atoms with E-state index in [4.69, 9.17) is 14.3 Å². The van der Waals surface area contributed by atoms with E-state index < -0.39 is 21.2 Å². The highest BCUT2D eigenvalue weighted by molar-refractivity contribution is 7.91. The standard InChI is InChI=1S/C22H27N5O5S/c1-22(2,14-28)16-7-9-18(31-3)19(12-16)33(23,30)26-20(29)17-8-6-15(21(25-17)32-4)13-27-11-5-10-24-27/h5-12,28H,13-14H2,1-4H3,(H2,23,26,29,30)/t33-/m1/s1. The lowest BCUT2D eigenvalue weighted by atomic mass is 9.86. The summed E-state index contributed by atoms with van der Waals surface area (Å²) in [6.45, 7) is 3.86. The Bertz CT molecular complexity index is 1240. The van der Waals surface area contributed by atoms with Crippen LogP contribution in [0.2, 0.25) is 0 Å². The topological polar surface area (TPSA) is 139 Å². The summed E-state index contributed by atoms with van der Waals surface area (Å²) in [7, 11) is -0.993. The molecule has 0 saturated carbocycles. The average molecular weight is 474 g/mol. The molecule has 0 aliphatic rings. The quantitative estimate of drug-likeness (QED) is 0.433. The molecule has 3 N–H and O–H groups in total. The first-order valence-corrected chi connectivity index (χ1v) is 11.6. The van der Waals surface area contributed by atoms with Crippen molar-refractivity contribution in [3.05, 3.63) is 65.6 Å². The number of benzene rings is 1. The summed E-state index contributed by atoms with van der Waals surface area (Å²) in [5.74, 6) is -0.389. The van der Waals surface area contributed by atoms with Gasteiger partial charge < -0.3 is 14.6 Å². The Kier molecular flexibility index (Phi) is 7.04. The van der Waals surface area contributed by atoms with Crippen LogP contribution < -0.4 is 14.2 Å². The van der Waals surface area contributed by atoms with Gasteiger partial charge >= 0.3 is 0 Å². The zero-order valence-electron chi connectivity index (χ0n) is 18.9. The zero-order chi connectivity index (χ0) is 24.2. The molecule has 0 radical (unpaired) electrons. The Morgan fingerprint density at radius 2 is 2.00 bits per heavy atom. The van der Waals surface area contributed by atoms with E-state index in [-0.39, 0.29) is 28.8 Å². The van der Waals surface area contributed by atoms with Crippen molar-refractivity contribution in [2.75, 3.05) is 20.8 Å². The average Bonchev–Trinajstić information content (AvgIpc) is 3.31. The van der Waals surface area contributed by atoms with Gasteiger partial charge in [0.15, 0.2) is 9.92 Å². The van der Waals surface area contributed by atoms with Gasteiger partial charge in [-0.25, -0.2) is 14.0 Å². The van der Waals surface area contributed by atoms with Crippen LogP contribution in [0.25, 0.3) is 0 Å². The highest BCUT2D eigenvalue weighted by Crippen LogP contribution is 2.31. The number of aromatic nitrogens is 3. The van der Waals surface area contributed by atoms with Crippen LogP contribution in [0, 0.1) is 4.78 Å². The van der Waals surface area contributed by atoms with E-state index in [1.807, 2.05) is 13.8 Å². The van der Waals surface area contributed by atoms with Gasteiger partial charge in [0, 0.05) is 23.4 Å². The molecule has 0 fully saturated rings. The highest BCUT2D eigenvalue weighted by atomic mass is 32.2. The lowest BCUT2D eigenvalue weighted by Gasteiger charge is -2.24. The van der Waals surface area contributed by atoms with Gasteiger partial charge in [0.2, 0.25) is 5.88 Å². The maximum absolute atomic E-state index is 13.3. The molecule has 1 aromatic carbocycles. The van der Waals surface area contributed by atoms with Gasteiger partial charge in [0.1, 0.15) is 16.3 Å². The molecule has 10 nitrogen and oxygen atoms in total. The number of nitrogens with one attached hydrogen (secondary N) is 2. The van der Waals surface area contributed by atoms with Gasteiger partial charge in [-0.05, 0) is 35.9 Å². The van der Waals surface area contributed by atoms with E-state index in [9.17, 15) is 14.1 Å². The number of aliphatic hydroxyl groups is 1. The number of rotatable bonds is 9. The Balaban J connectivity index is 1.90. The van der Waals surface area contributed by atoms with Gasteiger partial charge in [-0.1, -0.05) is 19.9 Å². The van der Waals surface area contributed by atoms with E-state index in [1.165, 1.54) is 26.4 Å². The maximum atomic E-state index is 13.3. The monoisotopic (exact) mass is 473 g/mol. The molecule has 1 amide bonds. The molecule has 0 unspecified atom stereocenters. The minimum absolute atomic E-state index is 0.000331.